The smallest absolute Gasteiger partial charge is 0.254 e. The molecule has 1 saturated carbocycles. The average molecular weight is 551 g/mol. The molecular weight excluding hydrogens is 508 g/mol. The Morgan fingerprint density at radius 1 is 1.05 bits per heavy atom. The first-order valence-electron chi connectivity index (χ1n) is 13.3. The fourth-order valence-corrected chi connectivity index (χ4v) is 5.22. The van der Waals surface area contributed by atoms with E-state index in [1.54, 1.807) is 12.3 Å². The molecule has 0 bridgehead atoms. The maximum Gasteiger partial charge on any atom is 0.254 e. The van der Waals surface area contributed by atoms with Gasteiger partial charge in [0.25, 0.3) is 5.91 Å². The number of carbonyl (C=O) groups is 2. The van der Waals surface area contributed by atoms with Crippen molar-refractivity contribution in [1.29, 1.82) is 0 Å². The standard InChI is InChI=1S/C23H27NO.C6H7NO.CH3NO.CH5NS/c1-16-12-13-20(17(2)14-16)22-15-18-8-6-7-11-21(18)23(25)24(22)19-9-4-3-5-10-19;8-5-6-3-1-2-4-7-6;2-1-3;1-3-2/h6-8,11-14,19,22H,3-5,9-10,15H2,1-2H3;1-4,8H,5H2;1H,(H2,2,3);2H2,1H3. The molecular formula is C31H42N4O3S. The number of pyridine rings is 1. The number of nitrogens with zero attached hydrogens (tertiary/aromatic N) is 2. The summed E-state index contributed by atoms with van der Waals surface area (Å²) in [4.78, 5) is 28.1. The monoisotopic (exact) mass is 550 g/mol. The van der Waals surface area contributed by atoms with Crippen molar-refractivity contribution in [2.24, 2.45) is 10.9 Å². The first kappa shape index (κ1) is 32.0. The van der Waals surface area contributed by atoms with Gasteiger partial charge >= 0.3 is 0 Å². The Hall–Kier alpha value is -3.20. The molecule has 1 aliphatic heterocycles. The number of carbonyl (C=O) groups excluding carboxylic acids is 2. The molecule has 1 aromatic heterocycles. The fourth-order valence-electron chi connectivity index (χ4n) is 5.22. The molecule has 7 nitrogen and oxygen atoms in total. The zero-order chi connectivity index (χ0) is 28.6. The molecule has 39 heavy (non-hydrogen) atoms. The Morgan fingerprint density at radius 3 is 2.26 bits per heavy atom. The third-order valence-corrected chi connectivity index (χ3v) is 6.87. The van der Waals surface area contributed by atoms with Gasteiger partial charge in [-0.2, -0.15) is 0 Å². The number of rotatable bonds is 3. The molecule has 5 rings (SSSR count). The van der Waals surface area contributed by atoms with Crippen LogP contribution < -0.4 is 10.9 Å². The van der Waals surface area contributed by atoms with Gasteiger partial charge in [-0.3, -0.25) is 19.7 Å². The Balaban J connectivity index is 0.000000316. The van der Waals surface area contributed by atoms with Gasteiger partial charge in [-0.15, -0.1) is 0 Å². The van der Waals surface area contributed by atoms with Crippen LogP contribution in [0.5, 0.6) is 0 Å². The lowest BCUT2D eigenvalue weighted by atomic mass is 9.83. The Kier molecular flexibility index (Phi) is 14.3. The molecule has 1 unspecified atom stereocenters. The van der Waals surface area contributed by atoms with Gasteiger partial charge in [0.05, 0.1) is 18.3 Å². The van der Waals surface area contributed by atoms with Crippen LogP contribution in [0.2, 0.25) is 0 Å². The third kappa shape index (κ3) is 9.49. The van der Waals surface area contributed by atoms with Crippen molar-refractivity contribution >= 4 is 24.3 Å². The molecule has 8 heteroatoms. The molecule has 1 atom stereocenters. The molecule has 0 spiro atoms. The van der Waals surface area contributed by atoms with Crippen molar-refractivity contribution in [3.05, 3.63) is 100 Å². The lowest BCUT2D eigenvalue weighted by molar-refractivity contribution is -0.106. The van der Waals surface area contributed by atoms with E-state index < -0.39 is 0 Å². The van der Waals surface area contributed by atoms with E-state index in [0.29, 0.717) is 11.7 Å². The summed E-state index contributed by atoms with van der Waals surface area (Å²) in [6, 6.07) is 20.9. The van der Waals surface area contributed by atoms with Gasteiger partial charge < -0.3 is 15.7 Å². The molecule has 1 aliphatic carbocycles. The zero-order valence-electron chi connectivity index (χ0n) is 23.3. The van der Waals surface area contributed by atoms with Crippen LogP contribution in [0, 0.1) is 13.8 Å². The van der Waals surface area contributed by atoms with Crippen LogP contribution in [0.25, 0.3) is 0 Å². The van der Waals surface area contributed by atoms with Crippen LogP contribution >= 0.6 is 11.9 Å². The molecule has 3 aromatic rings. The molecule has 2 heterocycles. The van der Waals surface area contributed by atoms with Gasteiger partial charge in [0.2, 0.25) is 6.41 Å². The van der Waals surface area contributed by atoms with Gasteiger partial charge in [0, 0.05) is 17.8 Å². The van der Waals surface area contributed by atoms with E-state index in [1.165, 1.54) is 53.5 Å². The van der Waals surface area contributed by atoms with Crippen LogP contribution in [0.3, 0.4) is 0 Å². The van der Waals surface area contributed by atoms with Gasteiger partial charge in [-0.1, -0.05) is 79.2 Å². The van der Waals surface area contributed by atoms with Gasteiger partial charge in [-0.05, 0) is 74.3 Å². The number of nitrogens with two attached hydrogens (primary N) is 2. The molecule has 5 N–H and O–H groups in total. The minimum absolute atomic E-state index is 0.0286. The maximum absolute atomic E-state index is 13.4. The van der Waals surface area contributed by atoms with E-state index in [9.17, 15) is 4.79 Å². The molecule has 2 aliphatic rings. The summed E-state index contributed by atoms with van der Waals surface area (Å²) in [5, 5.41) is 13.2. The number of aryl methyl sites for hydroxylation is 2. The summed E-state index contributed by atoms with van der Waals surface area (Å²) >= 11 is 1.25. The van der Waals surface area contributed by atoms with Crippen molar-refractivity contribution in [2.45, 2.75) is 71.1 Å². The number of aliphatic hydroxyl groups is 1. The SMILES string of the molecule is CSN.Cc1ccc(C2Cc3ccccc3C(=O)N2C2CCCCC2)c(C)c1.NC=O.OCc1ccccn1. The van der Waals surface area contributed by atoms with E-state index in [2.05, 4.69) is 59.8 Å². The highest BCUT2D eigenvalue weighted by atomic mass is 32.2. The number of aromatic nitrogens is 1. The lowest BCUT2D eigenvalue weighted by Gasteiger charge is -2.44. The van der Waals surface area contributed by atoms with Crippen LogP contribution in [0.1, 0.15) is 76.5 Å². The second kappa shape index (κ2) is 17.4. The zero-order valence-corrected chi connectivity index (χ0v) is 24.1. The Bertz CT molecular complexity index is 1150. The van der Waals surface area contributed by atoms with E-state index in [0.717, 1.165) is 24.8 Å². The summed E-state index contributed by atoms with van der Waals surface area (Å²) in [5.74, 6) is 0.235. The van der Waals surface area contributed by atoms with E-state index >= 15 is 0 Å². The van der Waals surface area contributed by atoms with Crippen molar-refractivity contribution in [3.63, 3.8) is 0 Å². The third-order valence-electron chi connectivity index (χ3n) is 6.87. The molecule has 2 aromatic carbocycles. The van der Waals surface area contributed by atoms with E-state index in [1.807, 2.05) is 30.5 Å². The highest BCUT2D eigenvalue weighted by Crippen LogP contribution is 2.39. The van der Waals surface area contributed by atoms with Crippen molar-refractivity contribution in [2.75, 3.05) is 6.26 Å². The van der Waals surface area contributed by atoms with Gasteiger partial charge in [-0.25, -0.2) is 0 Å². The predicted octanol–water partition coefficient (Wildman–Crippen LogP) is 5.27. The number of benzene rings is 2. The number of hydrogen-bond donors (Lipinski definition) is 3. The van der Waals surface area contributed by atoms with Crippen molar-refractivity contribution < 1.29 is 14.7 Å². The Labute approximate surface area is 237 Å². The summed E-state index contributed by atoms with van der Waals surface area (Å²) in [5.41, 5.74) is 10.9. The number of fused-ring (bicyclic) bond motifs is 1. The van der Waals surface area contributed by atoms with Crippen molar-refractivity contribution in [1.82, 2.24) is 9.88 Å². The number of amides is 2. The highest BCUT2D eigenvalue weighted by molar-refractivity contribution is 7.96. The van der Waals surface area contributed by atoms with E-state index in [-0.39, 0.29) is 25.0 Å². The second-order valence-corrected chi connectivity index (χ2v) is 10.1. The van der Waals surface area contributed by atoms with Crippen LogP contribution in [0.15, 0.2) is 66.9 Å². The average Bonchev–Trinajstić information content (AvgIpc) is 2.95. The molecule has 1 fully saturated rings. The summed E-state index contributed by atoms with van der Waals surface area (Å²) in [6.07, 6.45) is 10.8. The number of aliphatic hydroxyl groups excluding tert-OH is 1. The number of hydrogen-bond acceptors (Lipinski definition) is 6. The normalized spacial score (nSPS) is 16.3. The quantitative estimate of drug-likeness (QED) is 0.301. The summed E-state index contributed by atoms with van der Waals surface area (Å²) in [6.45, 7) is 4.35. The summed E-state index contributed by atoms with van der Waals surface area (Å²) < 4.78 is 0. The summed E-state index contributed by atoms with van der Waals surface area (Å²) in [7, 11) is 0. The molecule has 210 valence electrons. The minimum Gasteiger partial charge on any atom is -0.390 e. The first-order chi connectivity index (χ1) is 18.9. The highest BCUT2D eigenvalue weighted by Gasteiger charge is 2.38. The van der Waals surface area contributed by atoms with Crippen LogP contribution in [-0.2, 0) is 17.8 Å². The van der Waals surface area contributed by atoms with Crippen LogP contribution in [-0.4, -0.2) is 39.6 Å². The Morgan fingerprint density at radius 2 is 1.69 bits per heavy atom. The predicted molar refractivity (Wildman–Crippen MR) is 160 cm³/mol. The van der Waals surface area contributed by atoms with Gasteiger partial charge in [0.1, 0.15) is 0 Å². The lowest BCUT2D eigenvalue weighted by Crippen LogP contribution is -2.47. The van der Waals surface area contributed by atoms with Gasteiger partial charge in [0.15, 0.2) is 0 Å². The minimum atomic E-state index is 0.0286. The number of primary amides is 1. The molecule has 2 amide bonds. The first-order valence-corrected chi connectivity index (χ1v) is 14.6. The topological polar surface area (TPSA) is 123 Å². The molecule has 0 radical (unpaired) electrons. The second-order valence-electron chi connectivity index (χ2n) is 9.59. The van der Waals surface area contributed by atoms with E-state index in [4.69, 9.17) is 15.0 Å². The van der Waals surface area contributed by atoms with Crippen LogP contribution in [0.4, 0.5) is 0 Å². The fraction of sp³-hybridized carbons (Fsp3) is 0.387. The maximum atomic E-state index is 13.4. The van der Waals surface area contributed by atoms with Crippen molar-refractivity contribution in [3.8, 4) is 0 Å². The largest absolute Gasteiger partial charge is 0.390 e. The molecule has 0 saturated heterocycles.